The van der Waals surface area contributed by atoms with Crippen LogP contribution in [0.4, 0.5) is 0 Å². The van der Waals surface area contributed by atoms with Crippen molar-refractivity contribution < 1.29 is 44.9 Å². The molecule has 0 saturated carbocycles. The summed E-state index contributed by atoms with van der Waals surface area (Å²) in [6, 6.07) is 8.57. The molecule has 0 bridgehead atoms. The number of hydrogen-bond donors (Lipinski definition) is 6. The Morgan fingerprint density at radius 3 is 2.39 bits per heavy atom. The Hall–Kier alpha value is -2.66. The summed E-state index contributed by atoms with van der Waals surface area (Å²) in [4.78, 5) is 12.7. The second-order valence-corrected chi connectivity index (χ2v) is 7.34. The Balaban J connectivity index is 1.89. The van der Waals surface area contributed by atoms with Crippen molar-refractivity contribution in [1.29, 1.82) is 0 Å². The molecule has 1 aliphatic heterocycles. The predicted octanol–water partition coefficient (Wildman–Crippen LogP) is 0.826. The lowest BCUT2D eigenvalue weighted by Gasteiger charge is -2.39. The molecule has 0 unspecified atom stereocenters. The van der Waals surface area contributed by atoms with Crippen molar-refractivity contribution in [1.82, 2.24) is 0 Å². The first-order valence-corrected chi connectivity index (χ1v) is 9.60. The number of aliphatic hydroxyl groups excluding tert-OH is 4. The van der Waals surface area contributed by atoms with Crippen molar-refractivity contribution >= 4 is 23.5 Å². The average molecular weight is 453 g/mol. The van der Waals surface area contributed by atoms with Gasteiger partial charge in [-0.1, -0.05) is 29.8 Å². The van der Waals surface area contributed by atoms with Crippen molar-refractivity contribution in [3.8, 4) is 17.2 Å². The van der Waals surface area contributed by atoms with E-state index >= 15 is 0 Å². The fourth-order valence-corrected chi connectivity index (χ4v) is 3.17. The maximum atomic E-state index is 12.7. The zero-order chi connectivity index (χ0) is 22.7. The maximum Gasteiger partial charge on any atom is 0.229 e. The van der Waals surface area contributed by atoms with E-state index in [0.29, 0.717) is 10.6 Å². The number of allylic oxidation sites excluding steroid dienone is 1. The highest BCUT2D eigenvalue weighted by Gasteiger charge is 2.45. The van der Waals surface area contributed by atoms with E-state index in [9.17, 15) is 35.4 Å². The van der Waals surface area contributed by atoms with E-state index in [1.54, 1.807) is 24.3 Å². The molecule has 1 heterocycles. The van der Waals surface area contributed by atoms with Gasteiger partial charge in [-0.15, -0.1) is 0 Å². The third-order valence-corrected chi connectivity index (χ3v) is 4.95. The number of phenols is 2. The molecule has 1 fully saturated rings. The SMILES string of the molecule is O=C(/C=C\c1ccc(Cl)cc1)c1c(O)cc(O)cc1O[C@@H]1O[C@H](CO)[C@H](O)[C@H](O)[C@@H]1O. The van der Waals surface area contributed by atoms with Crippen LogP contribution in [0.3, 0.4) is 0 Å². The maximum absolute atomic E-state index is 12.7. The normalized spacial score (nSPS) is 26.2. The zero-order valence-corrected chi connectivity index (χ0v) is 16.8. The number of aliphatic hydroxyl groups is 4. The van der Waals surface area contributed by atoms with E-state index < -0.39 is 54.6 Å². The molecule has 10 heteroatoms. The van der Waals surface area contributed by atoms with E-state index in [4.69, 9.17) is 21.1 Å². The van der Waals surface area contributed by atoms with Crippen molar-refractivity contribution in [2.24, 2.45) is 0 Å². The van der Waals surface area contributed by atoms with Gasteiger partial charge < -0.3 is 40.1 Å². The molecule has 1 saturated heterocycles. The molecule has 2 aromatic carbocycles. The molecule has 6 N–H and O–H groups in total. The standard InChI is InChI=1S/C21H21ClO9/c22-11-4-1-10(2-5-11)3-6-13(25)17-14(26)7-12(24)8-15(17)30-21-20(29)19(28)18(27)16(9-23)31-21/h1-8,16,18-21,23-24,26-29H,9H2/b6-3-/t16-,18+,19+,20+,21-/m1/s1. The molecule has 0 spiro atoms. The Labute approximate surface area is 182 Å². The lowest BCUT2D eigenvalue weighted by atomic mass is 9.99. The number of ketones is 1. The van der Waals surface area contributed by atoms with Crippen LogP contribution in [0.15, 0.2) is 42.5 Å². The van der Waals surface area contributed by atoms with Gasteiger partial charge in [0.05, 0.1) is 6.61 Å². The van der Waals surface area contributed by atoms with Crippen molar-refractivity contribution in [3.05, 3.63) is 58.6 Å². The molecular weight excluding hydrogens is 432 g/mol. The Morgan fingerprint density at radius 2 is 1.74 bits per heavy atom. The molecule has 0 aliphatic carbocycles. The summed E-state index contributed by atoms with van der Waals surface area (Å²) in [6.45, 7) is -0.675. The lowest BCUT2D eigenvalue weighted by molar-refractivity contribution is -0.277. The minimum Gasteiger partial charge on any atom is -0.508 e. The summed E-state index contributed by atoms with van der Waals surface area (Å²) in [5.41, 5.74) is 0.326. The highest BCUT2D eigenvalue weighted by Crippen LogP contribution is 2.36. The van der Waals surface area contributed by atoms with E-state index in [0.717, 1.165) is 18.2 Å². The summed E-state index contributed by atoms with van der Waals surface area (Å²) >= 11 is 5.83. The number of carbonyl (C=O) groups is 1. The second kappa shape index (κ2) is 9.65. The van der Waals surface area contributed by atoms with Gasteiger partial charge in [0.25, 0.3) is 0 Å². The van der Waals surface area contributed by atoms with Crippen LogP contribution in [0.25, 0.3) is 6.08 Å². The molecular formula is C21H21ClO9. The summed E-state index contributed by atoms with van der Waals surface area (Å²) in [6.07, 6.45) is -5.25. The molecule has 0 aromatic heterocycles. The Bertz CT molecular complexity index is 958. The monoisotopic (exact) mass is 452 g/mol. The van der Waals surface area contributed by atoms with Crippen LogP contribution in [0.2, 0.25) is 5.02 Å². The predicted molar refractivity (Wildman–Crippen MR) is 109 cm³/mol. The van der Waals surface area contributed by atoms with Crippen LogP contribution in [0.5, 0.6) is 17.2 Å². The lowest BCUT2D eigenvalue weighted by Crippen LogP contribution is -2.60. The average Bonchev–Trinajstić information content (AvgIpc) is 2.73. The number of benzene rings is 2. The third-order valence-electron chi connectivity index (χ3n) is 4.70. The van der Waals surface area contributed by atoms with Gasteiger partial charge in [-0.2, -0.15) is 0 Å². The number of carbonyl (C=O) groups excluding carboxylic acids is 1. The molecule has 31 heavy (non-hydrogen) atoms. The van der Waals surface area contributed by atoms with Crippen LogP contribution in [0, 0.1) is 0 Å². The zero-order valence-electron chi connectivity index (χ0n) is 16.0. The van der Waals surface area contributed by atoms with Gasteiger partial charge in [-0.3, -0.25) is 4.79 Å². The number of ether oxygens (including phenoxy) is 2. The summed E-state index contributed by atoms with van der Waals surface area (Å²) in [5, 5.41) is 59.8. The minimum atomic E-state index is -1.74. The minimum absolute atomic E-state index is 0.333. The summed E-state index contributed by atoms with van der Waals surface area (Å²) in [5.74, 6) is -2.06. The van der Waals surface area contributed by atoms with Crippen molar-refractivity contribution in [3.63, 3.8) is 0 Å². The van der Waals surface area contributed by atoms with Gasteiger partial charge in [-0.25, -0.2) is 0 Å². The highest BCUT2D eigenvalue weighted by molar-refractivity contribution is 6.30. The smallest absolute Gasteiger partial charge is 0.229 e. The van der Waals surface area contributed by atoms with Crippen LogP contribution in [-0.2, 0) is 4.74 Å². The van der Waals surface area contributed by atoms with Crippen molar-refractivity contribution in [2.45, 2.75) is 30.7 Å². The van der Waals surface area contributed by atoms with Gasteiger partial charge in [-0.05, 0) is 23.8 Å². The van der Waals surface area contributed by atoms with E-state index in [-0.39, 0.29) is 11.3 Å². The second-order valence-electron chi connectivity index (χ2n) is 6.90. The topological polar surface area (TPSA) is 157 Å². The number of aromatic hydroxyl groups is 2. The first-order valence-electron chi connectivity index (χ1n) is 9.22. The van der Waals surface area contributed by atoms with Gasteiger partial charge >= 0.3 is 0 Å². The fraction of sp³-hybridized carbons (Fsp3) is 0.286. The molecule has 1 aliphatic rings. The molecule has 3 rings (SSSR count). The highest BCUT2D eigenvalue weighted by atomic mass is 35.5. The fourth-order valence-electron chi connectivity index (χ4n) is 3.05. The van der Waals surface area contributed by atoms with Crippen LogP contribution < -0.4 is 4.74 Å². The summed E-state index contributed by atoms with van der Waals surface area (Å²) < 4.78 is 10.7. The Kier molecular flexibility index (Phi) is 7.16. The van der Waals surface area contributed by atoms with Gasteiger partial charge in [0.15, 0.2) is 5.78 Å². The number of phenolic OH excluding ortho intramolecular Hbond substituents is 2. The first-order chi connectivity index (χ1) is 14.7. The van der Waals surface area contributed by atoms with Crippen molar-refractivity contribution in [2.75, 3.05) is 6.61 Å². The van der Waals surface area contributed by atoms with E-state index in [1.165, 1.54) is 6.08 Å². The number of halogens is 1. The molecule has 0 radical (unpaired) electrons. The molecule has 0 amide bonds. The van der Waals surface area contributed by atoms with Gasteiger partial charge in [0.2, 0.25) is 6.29 Å². The molecule has 5 atom stereocenters. The van der Waals surface area contributed by atoms with Gasteiger partial charge in [0, 0.05) is 17.2 Å². The molecule has 166 valence electrons. The third kappa shape index (κ3) is 5.16. The summed E-state index contributed by atoms with van der Waals surface area (Å²) in [7, 11) is 0. The molecule has 9 nitrogen and oxygen atoms in total. The molecule has 2 aromatic rings. The Morgan fingerprint density at radius 1 is 1.06 bits per heavy atom. The number of rotatable bonds is 6. The first kappa shape index (κ1) is 23.0. The van der Waals surface area contributed by atoms with Crippen LogP contribution in [-0.4, -0.2) is 73.7 Å². The van der Waals surface area contributed by atoms with E-state index in [2.05, 4.69) is 0 Å². The largest absolute Gasteiger partial charge is 0.508 e. The van der Waals surface area contributed by atoms with Gasteiger partial charge in [0.1, 0.15) is 47.2 Å². The number of hydrogen-bond acceptors (Lipinski definition) is 9. The quantitative estimate of drug-likeness (QED) is 0.276. The van der Waals surface area contributed by atoms with Crippen LogP contribution >= 0.6 is 11.6 Å². The van der Waals surface area contributed by atoms with Crippen LogP contribution in [0.1, 0.15) is 15.9 Å². The van der Waals surface area contributed by atoms with E-state index in [1.807, 2.05) is 0 Å².